The van der Waals surface area contributed by atoms with E-state index in [1.165, 1.54) is 7.11 Å². The van der Waals surface area contributed by atoms with E-state index in [2.05, 4.69) is 0 Å². The first kappa shape index (κ1) is 13.4. The zero-order valence-corrected chi connectivity index (χ0v) is 10.6. The monoisotopic (exact) mass is 238 g/mol. The minimum absolute atomic E-state index is 0.294. The summed E-state index contributed by atoms with van der Waals surface area (Å²) in [4.78, 5) is 11.5. The lowest BCUT2D eigenvalue weighted by Gasteiger charge is -2.15. The van der Waals surface area contributed by atoms with Crippen LogP contribution in [0.4, 0.5) is 0 Å². The van der Waals surface area contributed by atoms with Crippen molar-refractivity contribution in [2.24, 2.45) is 0 Å². The van der Waals surface area contributed by atoms with Gasteiger partial charge in [0.15, 0.2) is 0 Å². The minimum Gasteiger partial charge on any atom is -0.496 e. The van der Waals surface area contributed by atoms with E-state index in [1.807, 2.05) is 19.1 Å². The molecule has 4 heteroatoms. The number of benzene rings is 1. The topological polar surface area (TPSA) is 44.8 Å². The molecule has 0 saturated carbocycles. The number of carbonyl (C=O) groups is 1. The fraction of sp³-hybridized carbons (Fsp3) is 0.462. The maximum atomic E-state index is 11.5. The van der Waals surface area contributed by atoms with E-state index in [0.29, 0.717) is 12.4 Å². The van der Waals surface area contributed by atoms with Crippen molar-refractivity contribution in [1.82, 2.24) is 0 Å². The second-order valence-electron chi connectivity index (χ2n) is 3.58. The van der Waals surface area contributed by atoms with Gasteiger partial charge in [-0.1, -0.05) is 0 Å². The number of esters is 1. The van der Waals surface area contributed by atoms with Crippen LogP contribution in [0.3, 0.4) is 0 Å². The second-order valence-corrected chi connectivity index (χ2v) is 3.58. The predicted molar refractivity (Wildman–Crippen MR) is 64.6 cm³/mol. The second kappa shape index (κ2) is 6.13. The van der Waals surface area contributed by atoms with E-state index in [-0.39, 0.29) is 11.9 Å². The average molecular weight is 238 g/mol. The van der Waals surface area contributed by atoms with Gasteiger partial charge in [0.2, 0.25) is 0 Å². The molecule has 0 heterocycles. The molecule has 1 atom stereocenters. The van der Waals surface area contributed by atoms with Crippen LogP contribution < -0.4 is 9.47 Å². The van der Waals surface area contributed by atoms with Crippen LogP contribution in [0.15, 0.2) is 18.2 Å². The molecule has 1 aromatic carbocycles. The first-order valence-corrected chi connectivity index (χ1v) is 5.52. The summed E-state index contributed by atoms with van der Waals surface area (Å²) in [6.45, 7) is 4.27. The Hall–Kier alpha value is -1.71. The molecule has 17 heavy (non-hydrogen) atoms. The predicted octanol–water partition coefficient (Wildman–Crippen LogP) is 2.37. The Morgan fingerprint density at radius 3 is 2.59 bits per heavy atom. The molecule has 0 aromatic heterocycles. The molecular formula is C13H18O4. The SMILES string of the molecule is CCOc1ccc(OC)c(C(C)C(=O)OC)c1. The van der Waals surface area contributed by atoms with Gasteiger partial charge in [-0.25, -0.2) is 0 Å². The van der Waals surface area contributed by atoms with Gasteiger partial charge in [-0.15, -0.1) is 0 Å². The van der Waals surface area contributed by atoms with Crippen LogP contribution in [0.1, 0.15) is 25.3 Å². The normalized spacial score (nSPS) is 11.8. The van der Waals surface area contributed by atoms with Gasteiger partial charge in [0.25, 0.3) is 0 Å². The summed E-state index contributed by atoms with van der Waals surface area (Å²) in [5.41, 5.74) is 0.769. The molecule has 0 amide bonds. The molecule has 1 unspecified atom stereocenters. The Morgan fingerprint density at radius 1 is 1.35 bits per heavy atom. The third kappa shape index (κ3) is 3.12. The quantitative estimate of drug-likeness (QED) is 0.739. The molecule has 0 radical (unpaired) electrons. The molecule has 0 bridgehead atoms. The molecule has 0 aliphatic carbocycles. The molecule has 0 aliphatic rings. The van der Waals surface area contributed by atoms with Crippen LogP contribution in [-0.4, -0.2) is 26.8 Å². The van der Waals surface area contributed by atoms with Gasteiger partial charge in [0.05, 0.1) is 26.7 Å². The summed E-state index contributed by atoms with van der Waals surface area (Å²) >= 11 is 0. The minimum atomic E-state index is -0.379. The van der Waals surface area contributed by atoms with E-state index < -0.39 is 0 Å². The molecule has 1 aromatic rings. The van der Waals surface area contributed by atoms with Crippen LogP contribution in [0, 0.1) is 0 Å². The van der Waals surface area contributed by atoms with Crippen LogP contribution in [0.25, 0.3) is 0 Å². The van der Waals surface area contributed by atoms with Gasteiger partial charge in [-0.3, -0.25) is 4.79 Å². The maximum Gasteiger partial charge on any atom is 0.312 e. The first-order valence-electron chi connectivity index (χ1n) is 5.52. The number of carbonyl (C=O) groups excluding carboxylic acids is 1. The highest BCUT2D eigenvalue weighted by Crippen LogP contribution is 2.31. The van der Waals surface area contributed by atoms with Crippen LogP contribution in [0.2, 0.25) is 0 Å². The van der Waals surface area contributed by atoms with E-state index in [4.69, 9.17) is 14.2 Å². The van der Waals surface area contributed by atoms with Crippen LogP contribution >= 0.6 is 0 Å². The van der Waals surface area contributed by atoms with Crippen molar-refractivity contribution < 1.29 is 19.0 Å². The Kier molecular flexibility index (Phi) is 4.82. The summed E-state index contributed by atoms with van der Waals surface area (Å²) in [5, 5.41) is 0. The van der Waals surface area contributed by atoms with Gasteiger partial charge in [0.1, 0.15) is 11.5 Å². The molecule has 0 saturated heterocycles. The molecule has 94 valence electrons. The summed E-state index contributed by atoms with van der Waals surface area (Å²) in [6.07, 6.45) is 0. The summed E-state index contributed by atoms with van der Waals surface area (Å²) in [6, 6.07) is 5.42. The van der Waals surface area contributed by atoms with Crippen molar-refractivity contribution >= 4 is 5.97 Å². The van der Waals surface area contributed by atoms with Gasteiger partial charge in [-0.05, 0) is 32.0 Å². The number of hydrogen-bond acceptors (Lipinski definition) is 4. The van der Waals surface area contributed by atoms with Crippen molar-refractivity contribution in [3.05, 3.63) is 23.8 Å². The number of rotatable bonds is 5. The van der Waals surface area contributed by atoms with Crippen molar-refractivity contribution in [1.29, 1.82) is 0 Å². The summed E-state index contributed by atoms with van der Waals surface area (Å²) in [7, 11) is 2.95. The Bertz CT molecular complexity index is 387. The number of methoxy groups -OCH3 is 2. The number of hydrogen-bond donors (Lipinski definition) is 0. The molecule has 0 N–H and O–H groups in total. The van der Waals surface area contributed by atoms with E-state index in [0.717, 1.165) is 11.3 Å². The molecule has 0 aliphatic heterocycles. The lowest BCUT2D eigenvalue weighted by Crippen LogP contribution is -2.12. The molecule has 4 nitrogen and oxygen atoms in total. The summed E-state index contributed by atoms with van der Waals surface area (Å²) < 4.78 is 15.4. The van der Waals surface area contributed by atoms with E-state index >= 15 is 0 Å². The van der Waals surface area contributed by atoms with E-state index in [9.17, 15) is 4.79 Å². The van der Waals surface area contributed by atoms with Crippen molar-refractivity contribution in [3.63, 3.8) is 0 Å². The first-order chi connectivity index (χ1) is 8.13. The van der Waals surface area contributed by atoms with E-state index in [1.54, 1.807) is 20.1 Å². The molecular weight excluding hydrogens is 220 g/mol. The largest absolute Gasteiger partial charge is 0.496 e. The third-order valence-corrected chi connectivity index (χ3v) is 2.53. The average Bonchev–Trinajstić information content (AvgIpc) is 2.37. The zero-order valence-electron chi connectivity index (χ0n) is 10.6. The zero-order chi connectivity index (χ0) is 12.8. The lowest BCUT2D eigenvalue weighted by molar-refractivity contribution is -0.142. The Labute approximate surface area is 101 Å². The van der Waals surface area contributed by atoms with Gasteiger partial charge < -0.3 is 14.2 Å². The molecule has 0 fully saturated rings. The van der Waals surface area contributed by atoms with Crippen LogP contribution in [-0.2, 0) is 9.53 Å². The van der Waals surface area contributed by atoms with Crippen LogP contribution in [0.5, 0.6) is 11.5 Å². The number of ether oxygens (including phenoxy) is 3. The highest BCUT2D eigenvalue weighted by molar-refractivity contribution is 5.78. The standard InChI is InChI=1S/C13H18O4/c1-5-17-10-6-7-12(15-3)11(8-10)9(2)13(14)16-4/h6-9H,5H2,1-4H3. The summed E-state index contributed by atoms with van der Waals surface area (Å²) in [5.74, 6) is 0.706. The van der Waals surface area contributed by atoms with Gasteiger partial charge in [-0.2, -0.15) is 0 Å². The third-order valence-electron chi connectivity index (χ3n) is 2.53. The van der Waals surface area contributed by atoms with Gasteiger partial charge in [0, 0.05) is 5.56 Å². The molecule has 0 spiro atoms. The fourth-order valence-electron chi connectivity index (χ4n) is 1.61. The highest BCUT2D eigenvalue weighted by Gasteiger charge is 2.20. The van der Waals surface area contributed by atoms with Crippen molar-refractivity contribution in [3.8, 4) is 11.5 Å². The Morgan fingerprint density at radius 2 is 2.06 bits per heavy atom. The van der Waals surface area contributed by atoms with Crippen molar-refractivity contribution in [2.75, 3.05) is 20.8 Å². The lowest BCUT2D eigenvalue weighted by atomic mass is 10.00. The van der Waals surface area contributed by atoms with Gasteiger partial charge >= 0.3 is 5.97 Å². The highest BCUT2D eigenvalue weighted by atomic mass is 16.5. The van der Waals surface area contributed by atoms with Crippen molar-refractivity contribution in [2.45, 2.75) is 19.8 Å². The smallest absolute Gasteiger partial charge is 0.312 e. The fourth-order valence-corrected chi connectivity index (χ4v) is 1.61. The Balaban J connectivity index is 3.08. The maximum absolute atomic E-state index is 11.5. The molecule has 1 rings (SSSR count).